The molecule has 1 aliphatic rings. The number of aromatic amines is 1. The standard InChI is InChI=1S/C17H19F3N2O/c1-10-5-11(2)9-22(8-10)12-3-4-15-13(6-12)14(17(18,19)20)7-16(23)21-15/h3-4,6-7,10-11H,5,8-9H2,1-2H3,(H,21,23)/t10-,11+. The molecule has 0 radical (unpaired) electrons. The molecule has 0 saturated carbocycles. The molecular formula is C17H19F3N2O. The third-order valence-corrected chi connectivity index (χ3v) is 4.37. The minimum atomic E-state index is -4.55. The van der Waals surface area contributed by atoms with Gasteiger partial charge in [-0.2, -0.15) is 13.2 Å². The fraction of sp³-hybridized carbons (Fsp3) is 0.471. The first kappa shape index (κ1) is 15.9. The third kappa shape index (κ3) is 3.21. The molecule has 23 heavy (non-hydrogen) atoms. The smallest absolute Gasteiger partial charge is 0.371 e. The number of nitrogens with one attached hydrogen (secondary N) is 1. The molecular weight excluding hydrogens is 305 g/mol. The molecule has 0 aliphatic carbocycles. The van der Waals surface area contributed by atoms with E-state index in [1.807, 2.05) is 0 Å². The highest BCUT2D eigenvalue weighted by Crippen LogP contribution is 2.35. The van der Waals surface area contributed by atoms with Crippen molar-refractivity contribution in [3.05, 3.63) is 40.2 Å². The van der Waals surface area contributed by atoms with E-state index in [1.54, 1.807) is 18.2 Å². The van der Waals surface area contributed by atoms with Crippen molar-refractivity contribution in [2.24, 2.45) is 11.8 Å². The van der Waals surface area contributed by atoms with Crippen LogP contribution in [0.2, 0.25) is 0 Å². The molecule has 0 spiro atoms. The molecule has 2 heterocycles. The second-order valence-electron chi connectivity index (χ2n) is 6.63. The van der Waals surface area contributed by atoms with Crippen LogP contribution in [0, 0.1) is 11.8 Å². The van der Waals surface area contributed by atoms with Crippen molar-refractivity contribution in [3.63, 3.8) is 0 Å². The number of rotatable bonds is 1. The number of hydrogen-bond acceptors (Lipinski definition) is 2. The van der Waals surface area contributed by atoms with Crippen molar-refractivity contribution in [2.75, 3.05) is 18.0 Å². The van der Waals surface area contributed by atoms with Gasteiger partial charge in [-0.1, -0.05) is 13.8 Å². The molecule has 1 fully saturated rings. The number of anilines is 1. The van der Waals surface area contributed by atoms with Gasteiger partial charge in [-0.05, 0) is 36.5 Å². The number of H-pyrrole nitrogens is 1. The van der Waals surface area contributed by atoms with Gasteiger partial charge < -0.3 is 9.88 Å². The Hall–Kier alpha value is -1.98. The maximum absolute atomic E-state index is 13.2. The van der Waals surface area contributed by atoms with Crippen LogP contribution in [0.5, 0.6) is 0 Å². The van der Waals surface area contributed by atoms with Crippen molar-refractivity contribution in [3.8, 4) is 0 Å². The summed E-state index contributed by atoms with van der Waals surface area (Å²) in [5.74, 6) is 1.01. The van der Waals surface area contributed by atoms with Crippen LogP contribution in [0.3, 0.4) is 0 Å². The van der Waals surface area contributed by atoms with Gasteiger partial charge in [-0.3, -0.25) is 4.79 Å². The second-order valence-corrected chi connectivity index (χ2v) is 6.63. The van der Waals surface area contributed by atoms with Crippen LogP contribution in [0.15, 0.2) is 29.1 Å². The number of hydrogen-bond donors (Lipinski definition) is 1. The lowest BCUT2D eigenvalue weighted by Crippen LogP contribution is -2.38. The molecule has 0 unspecified atom stereocenters. The molecule has 6 heteroatoms. The molecule has 3 rings (SSSR count). The lowest BCUT2D eigenvalue weighted by atomic mass is 9.91. The van der Waals surface area contributed by atoms with Crippen molar-refractivity contribution >= 4 is 16.6 Å². The Bertz CT molecular complexity index is 771. The number of aromatic nitrogens is 1. The van der Waals surface area contributed by atoms with Crippen LogP contribution in [-0.4, -0.2) is 18.1 Å². The van der Waals surface area contributed by atoms with Crippen LogP contribution in [-0.2, 0) is 6.18 Å². The molecule has 0 bridgehead atoms. The summed E-state index contributed by atoms with van der Waals surface area (Å²) in [5.41, 5.74) is -0.630. The Labute approximate surface area is 132 Å². The SMILES string of the molecule is C[C@@H]1C[C@H](C)CN(c2ccc3[nH]c(=O)cc(C(F)(F)F)c3c2)C1. The third-order valence-electron chi connectivity index (χ3n) is 4.37. The fourth-order valence-corrected chi connectivity index (χ4v) is 3.55. The molecule has 1 N–H and O–H groups in total. The van der Waals surface area contributed by atoms with Crippen molar-refractivity contribution in [1.82, 2.24) is 4.98 Å². The quantitative estimate of drug-likeness (QED) is 0.860. The van der Waals surface area contributed by atoms with E-state index >= 15 is 0 Å². The van der Waals surface area contributed by atoms with Gasteiger partial charge in [0.2, 0.25) is 5.56 Å². The summed E-state index contributed by atoms with van der Waals surface area (Å²) >= 11 is 0. The Morgan fingerprint density at radius 1 is 1.13 bits per heavy atom. The Kier molecular flexibility index (Phi) is 3.86. The fourth-order valence-electron chi connectivity index (χ4n) is 3.55. The minimum absolute atomic E-state index is 0.0421. The molecule has 0 amide bonds. The predicted octanol–water partition coefficient (Wildman–Crippen LogP) is 4.03. The number of benzene rings is 1. The summed E-state index contributed by atoms with van der Waals surface area (Å²) in [5, 5.41) is 0.0421. The predicted molar refractivity (Wildman–Crippen MR) is 84.7 cm³/mol. The van der Waals surface area contributed by atoms with Crippen LogP contribution < -0.4 is 10.5 Å². The van der Waals surface area contributed by atoms with Crippen molar-refractivity contribution < 1.29 is 13.2 Å². The minimum Gasteiger partial charge on any atom is -0.371 e. The van der Waals surface area contributed by atoms with E-state index in [9.17, 15) is 18.0 Å². The normalized spacial score (nSPS) is 22.6. The van der Waals surface area contributed by atoms with Gasteiger partial charge >= 0.3 is 6.18 Å². The highest BCUT2D eigenvalue weighted by atomic mass is 19.4. The average molecular weight is 324 g/mol. The van der Waals surface area contributed by atoms with E-state index in [2.05, 4.69) is 23.7 Å². The zero-order valence-corrected chi connectivity index (χ0v) is 13.1. The molecule has 1 aliphatic heterocycles. The zero-order chi connectivity index (χ0) is 16.8. The number of alkyl halides is 3. The zero-order valence-electron chi connectivity index (χ0n) is 13.1. The van der Waals surface area contributed by atoms with E-state index < -0.39 is 17.3 Å². The molecule has 3 nitrogen and oxygen atoms in total. The maximum Gasteiger partial charge on any atom is 0.417 e. The molecule has 2 aromatic rings. The first-order valence-electron chi connectivity index (χ1n) is 7.73. The van der Waals surface area contributed by atoms with Gasteiger partial charge in [0.15, 0.2) is 0 Å². The number of halogens is 3. The van der Waals surface area contributed by atoms with Gasteiger partial charge in [0.1, 0.15) is 0 Å². The van der Waals surface area contributed by atoms with Crippen LogP contribution >= 0.6 is 0 Å². The number of piperidine rings is 1. The van der Waals surface area contributed by atoms with E-state index in [4.69, 9.17) is 0 Å². The van der Waals surface area contributed by atoms with Gasteiger partial charge in [0.25, 0.3) is 0 Å². The topological polar surface area (TPSA) is 36.1 Å². The van der Waals surface area contributed by atoms with E-state index in [-0.39, 0.29) is 10.9 Å². The molecule has 2 atom stereocenters. The molecule has 1 saturated heterocycles. The first-order valence-corrected chi connectivity index (χ1v) is 7.73. The summed E-state index contributed by atoms with van der Waals surface area (Å²) in [6, 6.07) is 5.51. The van der Waals surface area contributed by atoms with Crippen LogP contribution in [0.1, 0.15) is 25.8 Å². The van der Waals surface area contributed by atoms with Gasteiger partial charge in [-0.15, -0.1) is 0 Å². The van der Waals surface area contributed by atoms with Crippen molar-refractivity contribution in [2.45, 2.75) is 26.4 Å². The Balaban J connectivity index is 2.11. The van der Waals surface area contributed by atoms with Gasteiger partial charge in [0, 0.05) is 35.7 Å². The van der Waals surface area contributed by atoms with Crippen molar-refractivity contribution in [1.29, 1.82) is 0 Å². The van der Waals surface area contributed by atoms with Crippen LogP contribution in [0.25, 0.3) is 10.9 Å². The molecule has 124 valence electrons. The number of fused-ring (bicyclic) bond motifs is 1. The average Bonchev–Trinajstić information content (AvgIpc) is 2.43. The lowest BCUT2D eigenvalue weighted by Gasteiger charge is -2.36. The highest BCUT2D eigenvalue weighted by Gasteiger charge is 2.33. The van der Waals surface area contributed by atoms with Crippen LogP contribution in [0.4, 0.5) is 18.9 Å². The lowest BCUT2D eigenvalue weighted by molar-refractivity contribution is -0.136. The molecule has 1 aromatic carbocycles. The van der Waals surface area contributed by atoms with E-state index in [1.165, 1.54) is 0 Å². The highest BCUT2D eigenvalue weighted by molar-refractivity contribution is 5.86. The maximum atomic E-state index is 13.2. The Morgan fingerprint density at radius 2 is 1.78 bits per heavy atom. The summed E-state index contributed by atoms with van der Waals surface area (Å²) in [6.45, 7) is 5.98. The van der Waals surface area contributed by atoms with E-state index in [0.717, 1.165) is 25.2 Å². The number of pyridine rings is 1. The largest absolute Gasteiger partial charge is 0.417 e. The van der Waals surface area contributed by atoms with Gasteiger partial charge in [-0.25, -0.2) is 0 Å². The van der Waals surface area contributed by atoms with E-state index in [0.29, 0.717) is 17.9 Å². The first-order chi connectivity index (χ1) is 10.7. The van der Waals surface area contributed by atoms with Gasteiger partial charge in [0.05, 0.1) is 5.56 Å². The Morgan fingerprint density at radius 3 is 2.39 bits per heavy atom. The second kappa shape index (κ2) is 5.58. The monoisotopic (exact) mass is 324 g/mol. The summed E-state index contributed by atoms with van der Waals surface area (Å²) < 4.78 is 39.7. The molecule has 1 aromatic heterocycles. The summed E-state index contributed by atoms with van der Waals surface area (Å²) in [6.07, 6.45) is -3.42. The number of nitrogens with zero attached hydrogens (tertiary/aromatic N) is 1. The summed E-state index contributed by atoms with van der Waals surface area (Å²) in [4.78, 5) is 16.1. The summed E-state index contributed by atoms with van der Waals surface area (Å²) in [7, 11) is 0.